The third kappa shape index (κ3) is 3.76. The summed E-state index contributed by atoms with van der Waals surface area (Å²) in [5.74, 6) is -0.424. The van der Waals surface area contributed by atoms with Crippen LogP contribution in [0, 0.1) is 17.6 Å². The molecule has 1 saturated carbocycles. The second-order valence-corrected chi connectivity index (χ2v) is 5.33. The molecule has 0 aliphatic heterocycles. The first-order valence-corrected chi connectivity index (χ1v) is 7.45. The van der Waals surface area contributed by atoms with Crippen molar-refractivity contribution >= 4 is 0 Å². The fraction of sp³-hybridized carbons (Fsp3) is 0.625. The van der Waals surface area contributed by atoms with E-state index in [1.54, 1.807) is 0 Å². The van der Waals surface area contributed by atoms with Gasteiger partial charge in [-0.15, -0.1) is 0 Å². The maximum Gasteiger partial charge on any atom is 0.129 e. The molecule has 1 N–H and O–H groups in total. The van der Waals surface area contributed by atoms with Crippen LogP contribution >= 0.6 is 0 Å². The van der Waals surface area contributed by atoms with Gasteiger partial charge in [-0.3, -0.25) is 0 Å². The number of hydrogen-bond acceptors (Lipinski definition) is 2. The van der Waals surface area contributed by atoms with Crippen molar-refractivity contribution in [1.82, 2.24) is 5.32 Å². The molecule has 2 rings (SSSR count). The Kier molecular flexibility index (Phi) is 5.49. The number of halogens is 2. The molecule has 1 aliphatic rings. The van der Waals surface area contributed by atoms with Gasteiger partial charge >= 0.3 is 0 Å². The van der Waals surface area contributed by atoms with Crippen LogP contribution in [0.1, 0.15) is 32.3 Å². The molecule has 0 aromatic heterocycles. The zero-order valence-corrected chi connectivity index (χ0v) is 12.2. The van der Waals surface area contributed by atoms with Crippen LogP contribution in [-0.2, 0) is 11.2 Å². The largest absolute Gasteiger partial charge is 0.377 e. The SMILES string of the molecule is CCNC(Cc1c(F)cccc1F)C(OCC)C1CC1. The van der Waals surface area contributed by atoms with Crippen LogP contribution in [0.2, 0.25) is 0 Å². The summed E-state index contributed by atoms with van der Waals surface area (Å²) >= 11 is 0. The molecular weight excluding hydrogens is 260 g/mol. The molecule has 1 aliphatic carbocycles. The van der Waals surface area contributed by atoms with Gasteiger partial charge < -0.3 is 10.1 Å². The second-order valence-electron chi connectivity index (χ2n) is 5.33. The molecule has 1 fully saturated rings. The maximum absolute atomic E-state index is 13.8. The molecule has 0 radical (unpaired) electrons. The van der Waals surface area contributed by atoms with Gasteiger partial charge in [0.15, 0.2) is 0 Å². The lowest BCUT2D eigenvalue weighted by atomic mass is 9.97. The molecule has 4 heteroatoms. The Hall–Kier alpha value is -1.00. The zero-order chi connectivity index (χ0) is 14.5. The first-order chi connectivity index (χ1) is 9.67. The highest BCUT2D eigenvalue weighted by molar-refractivity contribution is 5.21. The first-order valence-electron chi connectivity index (χ1n) is 7.45. The van der Waals surface area contributed by atoms with E-state index < -0.39 is 11.6 Å². The Bertz CT molecular complexity index is 414. The van der Waals surface area contributed by atoms with Crippen LogP contribution in [0.25, 0.3) is 0 Å². The third-order valence-electron chi connectivity index (χ3n) is 3.79. The molecule has 1 aromatic rings. The van der Waals surface area contributed by atoms with Gasteiger partial charge in [0.2, 0.25) is 0 Å². The van der Waals surface area contributed by atoms with Crippen molar-refractivity contribution in [3.63, 3.8) is 0 Å². The molecule has 0 saturated heterocycles. The summed E-state index contributed by atoms with van der Waals surface area (Å²) in [4.78, 5) is 0. The summed E-state index contributed by atoms with van der Waals surface area (Å²) in [6.45, 7) is 5.35. The van der Waals surface area contributed by atoms with Crippen LogP contribution < -0.4 is 5.32 Å². The van der Waals surface area contributed by atoms with Gasteiger partial charge in [-0.2, -0.15) is 0 Å². The van der Waals surface area contributed by atoms with E-state index in [0.29, 0.717) is 18.9 Å². The Morgan fingerprint density at radius 1 is 1.25 bits per heavy atom. The smallest absolute Gasteiger partial charge is 0.129 e. The van der Waals surface area contributed by atoms with E-state index in [1.807, 2.05) is 13.8 Å². The fourth-order valence-corrected chi connectivity index (χ4v) is 2.71. The number of benzene rings is 1. The van der Waals surface area contributed by atoms with Crippen LogP contribution in [0.3, 0.4) is 0 Å². The van der Waals surface area contributed by atoms with Gasteiger partial charge in [-0.1, -0.05) is 13.0 Å². The zero-order valence-electron chi connectivity index (χ0n) is 12.2. The predicted octanol–water partition coefficient (Wildman–Crippen LogP) is 3.30. The molecule has 0 bridgehead atoms. The van der Waals surface area contributed by atoms with E-state index in [0.717, 1.165) is 19.4 Å². The summed E-state index contributed by atoms with van der Waals surface area (Å²) in [5, 5.41) is 3.33. The third-order valence-corrected chi connectivity index (χ3v) is 3.79. The van der Waals surface area contributed by atoms with Gasteiger partial charge in [0, 0.05) is 18.2 Å². The molecule has 2 unspecified atom stereocenters. The monoisotopic (exact) mass is 283 g/mol. The summed E-state index contributed by atoms with van der Waals surface area (Å²) < 4.78 is 33.4. The summed E-state index contributed by atoms with van der Waals surface area (Å²) in [5.41, 5.74) is 0.156. The topological polar surface area (TPSA) is 21.3 Å². The quantitative estimate of drug-likeness (QED) is 0.790. The number of ether oxygens (including phenoxy) is 1. The molecular formula is C16H23F2NO. The van der Waals surface area contributed by atoms with Gasteiger partial charge in [-0.05, 0) is 50.8 Å². The Morgan fingerprint density at radius 2 is 1.90 bits per heavy atom. The van der Waals surface area contributed by atoms with Crippen molar-refractivity contribution in [3.05, 3.63) is 35.4 Å². The Morgan fingerprint density at radius 3 is 2.40 bits per heavy atom. The van der Waals surface area contributed by atoms with E-state index >= 15 is 0 Å². The number of rotatable bonds is 8. The van der Waals surface area contributed by atoms with Crippen molar-refractivity contribution in [2.75, 3.05) is 13.2 Å². The van der Waals surface area contributed by atoms with Crippen LogP contribution in [0.15, 0.2) is 18.2 Å². The number of likely N-dealkylation sites (N-methyl/N-ethyl adjacent to an activating group) is 1. The Labute approximate surface area is 119 Å². The van der Waals surface area contributed by atoms with E-state index in [-0.39, 0.29) is 17.7 Å². The van der Waals surface area contributed by atoms with Gasteiger partial charge in [0.1, 0.15) is 11.6 Å². The van der Waals surface area contributed by atoms with Crippen molar-refractivity contribution in [3.8, 4) is 0 Å². The van der Waals surface area contributed by atoms with Gasteiger partial charge in [0.05, 0.1) is 6.10 Å². The van der Waals surface area contributed by atoms with E-state index in [2.05, 4.69) is 5.32 Å². The summed E-state index contributed by atoms with van der Waals surface area (Å²) in [7, 11) is 0. The van der Waals surface area contributed by atoms with E-state index in [9.17, 15) is 8.78 Å². The van der Waals surface area contributed by atoms with Crippen molar-refractivity contribution in [2.45, 2.75) is 45.3 Å². The number of nitrogens with one attached hydrogen (secondary N) is 1. The average molecular weight is 283 g/mol. The highest BCUT2D eigenvalue weighted by Gasteiger charge is 2.37. The minimum Gasteiger partial charge on any atom is -0.377 e. The maximum atomic E-state index is 13.8. The molecule has 1 aromatic carbocycles. The van der Waals surface area contributed by atoms with Crippen LogP contribution in [-0.4, -0.2) is 25.3 Å². The highest BCUT2D eigenvalue weighted by Crippen LogP contribution is 2.36. The molecule has 2 nitrogen and oxygen atoms in total. The van der Waals surface area contributed by atoms with Crippen molar-refractivity contribution in [1.29, 1.82) is 0 Å². The first kappa shape index (κ1) is 15.4. The van der Waals surface area contributed by atoms with Crippen molar-refractivity contribution in [2.24, 2.45) is 5.92 Å². The standard InChI is InChI=1S/C16H23F2NO/c1-3-19-15(16(20-4-2)11-8-9-11)10-12-13(17)6-5-7-14(12)18/h5-7,11,15-16,19H,3-4,8-10H2,1-2H3. The average Bonchev–Trinajstić information content (AvgIpc) is 3.24. The highest BCUT2D eigenvalue weighted by atomic mass is 19.1. The lowest BCUT2D eigenvalue weighted by molar-refractivity contribution is 0.0192. The normalized spacial score (nSPS) is 18.0. The molecule has 2 atom stereocenters. The predicted molar refractivity (Wildman–Crippen MR) is 75.7 cm³/mol. The molecule has 0 spiro atoms. The van der Waals surface area contributed by atoms with Crippen LogP contribution in [0.4, 0.5) is 8.78 Å². The fourth-order valence-electron chi connectivity index (χ4n) is 2.71. The minimum atomic E-state index is -0.473. The lowest BCUT2D eigenvalue weighted by Crippen LogP contribution is -2.44. The van der Waals surface area contributed by atoms with Crippen molar-refractivity contribution < 1.29 is 13.5 Å². The van der Waals surface area contributed by atoms with Gasteiger partial charge in [0.25, 0.3) is 0 Å². The second kappa shape index (κ2) is 7.14. The number of hydrogen-bond donors (Lipinski definition) is 1. The summed E-state index contributed by atoms with van der Waals surface area (Å²) in [6, 6.07) is 3.98. The summed E-state index contributed by atoms with van der Waals surface area (Å²) in [6.07, 6.45) is 2.66. The Balaban J connectivity index is 2.15. The minimum absolute atomic E-state index is 0.0407. The molecule has 20 heavy (non-hydrogen) atoms. The van der Waals surface area contributed by atoms with Gasteiger partial charge in [-0.25, -0.2) is 8.78 Å². The van der Waals surface area contributed by atoms with Crippen LogP contribution in [0.5, 0.6) is 0 Å². The van der Waals surface area contributed by atoms with E-state index in [4.69, 9.17) is 4.74 Å². The lowest BCUT2D eigenvalue weighted by Gasteiger charge is -2.28. The molecule has 0 amide bonds. The molecule has 112 valence electrons. The molecule has 0 heterocycles. The van der Waals surface area contributed by atoms with E-state index in [1.165, 1.54) is 18.2 Å².